The molecule has 7 rings (SSSR count). The number of imide groups is 1. The summed E-state index contributed by atoms with van der Waals surface area (Å²) in [6, 6.07) is 18.0. The van der Waals surface area contributed by atoms with E-state index in [1.165, 1.54) is 25.3 Å². The monoisotopic (exact) mass is 510 g/mol. The molecule has 3 amide bonds. The van der Waals surface area contributed by atoms with E-state index < -0.39 is 47.0 Å². The number of aromatic nitrogens is 1. The number of amides is 3. The van der Waals surface area contributed by atoms with E-state index in [0.29, 0.717) is 29.1 Å². The van der Waals surface area contributed by atoms with E-state index in [4.69, 9.17) is 4.74 Å². The first kappa shape index (κ1) is 22.7. The molecule has 3 aromatic carbocycles. The summed E-state index contributed by atoms with van der Waals surface area (Å²) < 4.78 is 19.8. The lowest BCUT2D eigenvalue weighted by Crippen LogP contribution is -2.53. The number of aromatic amines is 1. The van der Waals surface area contributed by atoms with Crippen molar-refractivity contribution in [1.82, 2.24) is 10.3 Å². The van der Waals surface area contributed by atoms with Gasteiger partial charge in [-0.2, -0.15) is 0 Å². The highest BCUT2D eigenvalue weighted by molar-refractivity contribution is 6.25. The Kier molecular flexibility index (Phi) is 4.77. The molecule has 8 nitrogen and oxygen atoms in total. The van der Waals surface area contributed by atoms with E-state index in [2.05, 4.69) is 15.6 Å². The third-order valence-corrected chi connectivity index (χ3v) is 8.10. The lowest BCUT2D eigenvalue weighted by atomic mass is 9.76. The third kappa shape index (κ3) is 2.96. The van der Waals surface area contributed by atoms with Crippen molar-refractivity contribution in [2.24, 2.45) is 11.8 Å². The number of nitrogens with zero attached hydrogens (tertiary/aromatic N) is 1. The number of anilines is 2. The highest BCUT2D eigenvalue weighted by Gasteiger charge is 2.70. The van der Waals surface area contributed by atoms with Gasteiger partial charge in [0, 0.05) is 40.5 Å². The third-order valence-electron chi connectivity index (χ3n) is 8.10. The Morgan fingerprint density at radius 2 is 1.84 bits per heavy atom. The first-order valence-electron chi connectivity index (χ1n) is 12.4. The topological polar surface area (TPSA) is 104 Å². The molecule has 1 spiro atoms. The first-order valence-corrected chi connectivity index (χ1v) is 12.4. The van der Waals surface area contributed by atoms with Gasteiger partial charge in [0.15, 0.2) is 0 Å². The summed E-state index contributed by atoms with van der Waals surface area (Å²) in [5.74, 6) is -3.31. The summed E-state index contributed by atoms with van der Waals surface area (Å²) in [6.07, 6.45) is 2.27. The summed E-state index contributed by atoms with van der Waals surface area (Å²) in [7, 11) is 1.51. The van der Waals surface area contributed by atoms with Crippen LogP contribution in [0.1, 0.15) is 11.1 Å². The first-order chi connectivity index (χ1) is 18.4. The molecule has 0 saturated carbocycles. The molecule has 1 aromatic heterocycles. The zero-order valence-electron chi connectivity index (χ0n) is 20.3. The minimum Gasteiger partial charge on any atom is -0.497 e. The summed E-state index contributed by atoms with van der Waals surface area (Å²) in [6.45, 7) is 0. The smallest absolute Gasteiger partial charge is 0.250 e. The number of H-pyrrole nitrogens is 1. The van der Waals surface area contributed by atoms with Crippen molar-refractivity contribution in [2.75, 3.05) is 17.3 Å². The second kappa shape index (κ2) is 8.00. The van der Waals surface area contributed by atoms with Gasteiger partial charge in [-0.3, -0.25) is 19.7 Å². The Morgan fingerprint density at radius 3 is 2.68 bits per heavy atom. The molecule has 0 bridgehead atoms. The van der Waals surface area contributed by atoms with E-state index in [0.717, 1.165) is 21.4 Å². The van der Waals surface area contributed by atoms with Gasteiger partial charge in [-0.25, -0.2) is 9.29 Å². The molecule has 3 aliphatic rings. The van der Waals surface area contributed by atoms with Crippen molar-refractivity contribution in [3.05, 3.63) is 89.9 Å². The van der Waals surface area contributed by atoms with Crippen LogP contribution in [0.5, 0.6) is 5.75 Å². The van der Waals surface area contributed by atoms with E-state index in [1.807, 2.05) is 30.5 Å². The van der Waals surface area contributed by atoms with Crippen molar-refractivity contribution in [3.63, 3.8) is 0 Å². The number of hydrogen-bond acceptors (Lipinski definition) is 5. The number of methoxy groups -OCH3 is 1. The molecule has 4 heterocycles. The second-order valence-corrected chi connectivity index (χ2v) is 9.98. The quantitative estimate of drug-likeness (QED) is 0.365. The minimum absolute atomic E-state index is 0.340. The fraction of sp³-hybridized carbons (Fsp3) is 0.207. The van der Waals surface area contributed by atoms with Crippen LogP contribution < -0.4 is 20.3 Å². The summed E-state index contributed by atoms with van der Waals surface area (Å²) in [4.78, 5) is 46.2. The molecular weight excluding hydrogens is 487 g/mol. The Balaban J connectivity index is 1.38. The van der Waals surface area contributed by atoms with E-state index in [1.54, 1.807) is 24.3 Å². The van der Waals surface area contributed by atoms with Gasteiger partial charge in [-0.05, 0) is 48.4 Å². The van der Waals surface area contributed by atoms with Crippen molar-refractivity contribution in [1.29, 1.82) is 0 Å². The van der Waals surface area contributed by atoms with Crippen molar-refractivity contribution >= 4 is 40.0 Å². The zero-order valence-corrected chi connectivity index (χ0v) is 20.3. The average molecular weight is 511 g/mol. The fourth-order valence-corrected chi connectivity index (χ4v) is 6.49. The number of carbonyl (C=O) groups is 3. The van der Waals surface area contributed by atoms with Gasteiger partial charge in [-0.15, -0.1) is 0 Å². The Hall–Kier alpha value is -4.50. The standard InChI is InChI=1S/C29H23FN4O4/c1-38-18-6-4-5-17(13-18)34-26(35)24-23(11-15-14-31-21-8-3-2-7-19(15)21)33-29(25(24)27(34)36)20-12-16(30)9-10-22(20)32-28(29)37/h2-10,12-14,23-25,31,33H,11H2,1H3,(H,32,37)/t23-,24+,25+,29-/m1/s1. The van der Waals surface area contributed by atoms with Crippen LogP contribution in [0.25, 0.3) is 10.9 Å². The number of para-hydroxylation sites is 1. The summed E-state index contributed by atoms with van der Waals surface area (Å²) in [5, 5.41) is 7.18. The molecule has 0 radical (unpaired) electrons. The van der Waals surface area contributed by atoms with Gasteiger partial charge in [0.1, 0.15) is 17.1 Å². The fourth-order valence-electron chi connectivity index (χ4n) is 6.49. The maximum atomic E-state index is 14.5. The van der Waals surface area contributed by atoms with Crippen LogP contribution in [0.2, 0.25) is 0 Å². The van der Waals surface area contributed by atoms with Crippen LogP contribution in [0.15, 0.2) is 72.9 Å². The van der Waals surface area contributed by atoms with Gasteiger partial charge >= 0.3 is 0 Å². The van der Waals surface area contributed by atoms with Crippen molar-refractivity contribution in [3.8, 4) is 5.75 Å². The van der Waals surface area contributed by atoms with Gasteiger partial charge in [-0.1, -0.05) is 24.3 Å². The molecule has 2 saturated heterocycles. The number of rotatable bonds is 4. The van der Waals surface area contributed by atoms with E-state index >= 15 is 0 Å². The number of hydrogen-bond donors (Lipinski definition) is 3. The molecule has 2 fully saturated rings. The van der Waals surface area contributed by atoms with Crippen LogP contribution in [0.4, 0.5) is 15.8 Å². The van der Waals surface area contributed by atoms with Crippen LogP contribution >= 0.6 is 0 Å². The Morgan fingerprint density at radius 1 is 1.00 bits per heavy atom. The number of carbonyl (C=O) groups excluding carboxylic acids is 3. The van der Waals surface area contributed by atoms with Crippen LogP contribution in [-0.4, -0.2) is 35.9 Å². The highest BCUT2D eigenvalue weighted by atomic mass is 19.1. The van der Waals surface area contributed by atoms with Crippen LogP contribution in [0.3, 0.4) is 0 Å². The molecule has 190 valence electrons. The van der Waals surface area contributed by atoms with Crippen molar-refractivity contribution in [2.45, 2.75) is 18.0 Å². The largest absolute Gasteiger partial charge is 0.497 e. The van der Waals surface area contributed by atoms with Gasteiger partial charge < -0.3 is 15.0 Å². The molecular formula is C29H23FN4O4. The zero-order chi connectivity index (χ0) is 26.2. The number of ether oxygens (including phenoxy) is 1. The number of halogens is 1. The molecule has 3 aliphatic heterocycles. The number of fused-ring (bicyclic) bond motifs is 5. The maximum Gasteiger partial charge on any atom is 0.250 e. The molecule has 3 N–H and O–H groups in total. The predicted molar refractivity (Wildman–Crippen MR) is 138 cm³/mol. The molecule has 4 atom stereocenters. The average Bonchev–Trinajstić information content (AvgIpc) is 3.63. The molecule has 9 heteroatoms. The lowest BCUT2D eigenvalue weighted by molar-refractivity contribution is -0.130. The van der Waals surface area contributed by atoms with E-state index in [9.17, 15) is 18.8 Å². The SMILES string of the molecule is COc1cccc(N2C(=O)[C@@H]3[C@@H](C2=O)[C@@]2(N[C@@H]3Cc3c[nH]c4ccccc34)C(=O)Nc3ccc(F)cc32)c1. The normalized spacial score (nSPS) is 25.8. The van der Waals surface area contributed by atoms with E-state index in [-0.39, 0.29) is 0 Å². The summed E-state index contributed by atoms with van der Waals surface area (Å²) >= 11 is 0. The lowest BCUT2D eigenvalue weighted by Gasteiger charge is -2.29. The summed E-state index contributed by atoms with van der Waals surface area (Å²) in [5.41, 5.74) is 1.45. The molecule has 4 aromatic rings. The van der Waals surface area contributed by atoms with Crippen molar-refractivity contribution < 1.29 is 23.5 Å². The predicted octanol–water partition coefficient (Wildman–Crippen LogP) is 3.48. The minimum atomic E-state index is -1.58. The molecule has 38 heavy (non-hydrogen) atoms. The maximum absolute atomic E-state index is 14.5. The van der Waals surface area contributed by atoms with Gasteiger partial charge in [0.05, 0.1) is 24.6 Å². The highest BCUT2D eigenvalue weighted by Crippen LogP contribution is 2.54. The second-order valence-electron chi connectivity index (χ2n) is 9.98. The molecule has 0 aliphatic carbocycles. The Labute approximate surface area is 216 Å². The number of benzene rings is 3. The van der Waals surface area contributed by atoms with Crippen LogP contribution in [0, 0.1) is 17.7 Å². The Bertz CT molecular complexity index is 1670. The van der Waals surface area contributed by atoms with Gasteiger partial charge in [0.2, 0.25) is 17.7 Å². The van der Waals surface area contributed by atoms with Crippen LogP contribution in [-0.2, 0) is 26.3 Å². The van der Waals surface area contributed by atoms with Gasteiger partial charge in [0.25, 0.3) is 0 Å². The number of nitrogens with one attached hydrogen (secondary N) is 3. The molecule has 0 unspecified atom stereocenters.